The van der Waals surface area contributed by atoms with Crippen molar-refractivity contribution in [2.75, 3.05) is 12.4 Å². The number of fused-ring (bicyclic) bond motifs is 3. The maximum absolute atomic E-state index is 11.3. The maximum Gasteiger partial charge on any atom is 0.270 e. The number of nitrogens with one attached hydrogen (secondary N) is 1. The van der Waals surface area contributed by atoms with E-state index in [4.69, 9.17) is 4.74 Å². The van der Waals surface area contributed by atoms with E-state index in [9.17, 15) is 10.1 Å². The number of benzene rings is 2. The van der Waals surface area contributed by atoms with Gasteiger partial charge in [0, 0.05) is 29.3 Å². The van der Waals surface area contributed by atoms with E-state index in [0.717, 1.165) is 34.5 Å². The Balaban J connectivity index is 1.84. The highest BCUT2D eigenvalue weighted by atomic mass is 16.6. The van der Waals surface area contributed by atoms with Gasteiger partial charge in [0.25, 0.3) is 5.69 Å². The summed E-state index contributed by atoms with van der Waals surface area (Å²) in [6, 6.07) is 11.5. The first-order chi connectivity index (χ1) is 12.1. The number of nitro benzene ring substituents is 1. The molecule has 0 saturated heterocycles. The molecule has 1 heterocycles. The van der Waals surface area contributed by atoms with Crippen LogP contribution >= 0.6 is 0 Å². The molecule has 0 saturated carbocycles. The highest BCUT2D eigenvalue weighted by Crippen LogP contribution is 2.52. The van der Waals surface area contributed by atoms with Gasteiger partial charge >= 0.3 is 0 Å². The number of ether oxygens (including phenoxy) is 1. The van der Waals surface area contributed by atoms with Gasteiger partial charge in [0.2, 0.25) is 0 Å². The lowest BCUT2D eigenvalue weighted by atomic mass is 9.76. The van der Waals surface area contributed by atoms with E-state index < -0.39 is 0 Å². The second-order valence-corrected chi connectivity index (χ2v) is 6.70. The Morgan fingerprint density at radius 3 is 2.80 bits per heavy atom. The molecular weight excluding hydrogens is 316 g/mol. The van der Waals surface area contributed by atoms with E-state index in [1.807, 2.05) is 25.1 Å². The Bertz CT molecular complexity index is 875. The van der Waals surface area contributed by atoms with E-state index in [1.54, 1.807) is 19.2 Å². The van der Waals surface area contributed by atoms with Crippen LogP contribution in [-0.2, 0) is 0 Å². The third-order valence-electron chi connectivity index (χ3n) is 5.34. The minimum atomic E-state index is -0.312. The molecule has 5 heteroatoms. The quantitative estimate of drug-likeness (QED) is 0.499. The fourth-order valence-corrected chi connectivity index (χ4v) is 4.20. The van der Waals surface area contributed by atoms with Gasteiger partial charge in [-0.1, -0.05) is 30.4 Å². The minimum Gasteiger partial charge on any atom is -0.496 e. The number of para-hydroxylation sites is 1. The van der Waals surface area contributed by atoms with Gasteiger partial charge in [-0.15, -0.1) is 0 Å². The molecule has 5 nitrogen and oxygen atoms in total. The van der Waals surface area contributed by atoms with Crippen LogP contribution in [0, 0.1) is 23.0 Å². The summed E-state index contributed by atoms with van der Waals surface area (Å²) in [4.78, 5) is 10.9. The number of hydrogen-bond acceptors (Lipinski definition) is 4. The molecule has 1 aliphatic heterocycles. The van der Waals surface area contributed by atoms with E-state index in [0.29, 0.717) is 5.92 Å². The first kappa shape index (κ1) is 15.7. The van der Waals surface area contributed by atoms with Gasteiger partial charge in [0.15, 0.2) is 0 Å². The summed E-state index contributed by atoms with van der Waals surface area (Å²) in [5.41, 5.74) is 4.23. The summed E-state index contributed by atoms with van der Waals surface area (Å²) in [5.74, 6) is 1.38. The molecule has 1 N–H and O–H groups in total. The van der Waals surface area contributed by atoms with Gasteiger partial charge in [-0.25, -0.2) is 0 Å². The maximum atomic E-state index is 11.3. The molecule has 0 fully saturated rings. The average Bonchev–Trinajstić information content (AvgIpc) is 3.11. The molecule has 0 unspecified atom stereocenters. The van der Waals surface area contributed by atoms with Crippen molar-refractivity contribution in [1.29, 1.82) is 0 Å². The van der Waals surface area contributed by atoms with Gasteiger partial charge in [0.05, 0.1) is 18.1 Å². The van der Waals surface area contributed by atoms with E-state index in [2.05, 4.69) is 23.5 Å². The van der Waals surface area contributed by atoms with Crippen LogP contribution in [0.1, 0.15) is 35.1 Å². The predicted octanol–water partition coefficient (Wildman–Crippen LogP) is 4.74. The zero-order valence-electron chi connectivity index (χ0n) is 14.2. The van der Waals surface area contributed by atoms with Crippen molar-refractivity contribution in [2.24, 2.45) is 5.92 Å². The molecule has 2 aliphatic rings. The molecule has 2 aromatic carbocycles. The molecular formula is C20H20N2O3. The minimum absolute atomic E-state index is 0.115. The number of non-ortho nitro benzene ring substituents is 1. The summed E-state index contributed by atoms with van der Waals surface area (Å²) in [5, 5.41) is 14.9. The SMILES string of the molecule is COc1ccccc1[C@@H]1Nc2c(C)cc([N+](=O)[O-])cc2[C@H]2C=CC[C@@H]21. The Labute approximate surface area is 146 Å². The van der Waals surface area contributed by atoms with Gasteiger partial charge < -0.3 is 10.1 Å². The number of hydrogen-bond donors (Lipinski definition) is 1. The summed E-state index contributed by atoms with van der Waals surface area (Å²) < 4.78 is 5.57. The van der Waals surface area contributed by atoms with E-state index >= 15 is 0 Å². The van der Waals surface area contributed by atoms with Crippen molar-refractivity contribution in [1.82, 2.24) is 0 Å². The highest BCUT2D eigenvalue weighted by molar-refractivity contribution is 5.67. The molecule has 1 aliphatic carbocycles. The third kappa shape index (κ3) is 2.47. The summed E-state index contributed by atoms with van der Waals surface area (Å²) in [6.45, 7) is 1.93. The Morgan fingerprint density at radius 2 is 2.04 bits per heavy atom. The lowest BCUT2D eigenvalue weighted by Crippen LogP contribution is -2.30. The van der Waals surface area contributed by atoms with Gasteiger partial charge in [-0.3, -0.25) is 10.1 Å². The first-order valence-corrected chi connectivity index (χ1v) is 8.45. The largest absolute Gasteiger partial charge is 0.496 e. The number of nitrogens with zero attached hydrogens (tertiary/aromatic N) is 1. The van der Waals surface area contributed by atoms with Crippen molar-refractivity contribution in [3.05, 3.63) is 75.4 Å². The van der Waals surface area contributed by atoms with Crippen molar-refractivity contribution in [3.63, 3.8) is 0 Å². The molecule has 0 bridgehead atoms. The van der Waals surface area contributed by atoms with Crippen LogP contribution in [0.25, 0.3) is 0 Å². The fraction of sp³-hybridized carbons (Fsp3) is 0.300. The van der Waals surface area contributed by atoms with E-state index in [-0.39, 0.29) is 22.6 Å². The smallest absolute Gasteiger partial charge is 0.270 e. The topological polar surface area (TPSA) is 64.4 Å². The van der Waals surface area contributed by atoms with Crippen molar-refractivity contribution in [2.45, 2.75) is 25.3 Å². The molecule has 0 radical (unpaired) electrons. The lowest BCUT2D eigenvalue weighted by Gasteiger charge is -2.38. The van der Waals surface area contributed by atoms with Gasteiger partial charge in [-0.05, 0) is 36.5 Å². The van der Waals surface area contributed by atoms with Crippen molar-refractivity contribution < 1.29 is 9.66 Å². The lowest BCUT2D eigenvalue weighted by molar-refractivity contribution is -0.385. The van der Waals surface area contributed by atoms with Crippen LogP contribution in [0.15, 0.2) is 48.6 Å². The zero-order valence-corrected chi connectivity index (χ0v) is 14.2. The first-order valence-electron chi connectivity index (χ1n) is 8.45. The molecule has 4 rings (SSSR count). The summed E-state index contributed by atoms with van der Waals surface area (Å²) >= 11 is 0. The molecule has 0 spiro atoms. The normalized spacial score (nSPS) is 23.5. The Morgan fingerprint density at radius 1 is 1.24 bits per heavy atom. The van der Waals surface area contributed by atoms with Crippen LogP contribution in [0.4, 0.5) is 11.4 Å². The molecule has 0 amide bonds. The van der Waals surface area contributed by atoms with Gasteiger partial charge in [0.1, 0.15) is 5.75 Å². The third-order valence-corrected chi connectivity index (χ3v) is 5.34. The standard InChI is InChI=1S/C20H20N2O3/c1-12-10-13(22(23)24)11-17-14-7-5-8-15(14)20(21-19(12)17)16-6-3-4-9-18(16)25-2/h3-7,9-11,14-15,20-21H,8H2,1-2H3/t14-,15-,20+/m0/s1. The molecule has 128 valence electrons. The second-order valence-electron chi connectivity index (χ2n) is 6.70. The molecule has 0 aromatic heterocycles. The Hall–Kier alpha value is -2.82. The summed E-state index contributed by atoms with van der Waals surface area (Å²) in [6.07, 6.45) is 5.32. The number of aryl methyl sites for hydroxylation is 1. The zero-order chi connectivity index (χ0) is 17.6. The number of methoxy groups -OCH3 is 1. The van der Waals surface area contributed by atoms with Crippen LogP contribution in [0.5, 0.6) is 5.75 Å². The Kier molecular flexibility index (Phi) is 3.71. The number of nitro groups is 1. The van der Waals surface area contributed by atoms with Crippen LogP contribution in [0.2, 0.25) is 0 Å². The average molecular weight is 336 g/mol. The number of anilines is 1. The monoisotopic (exact) mass is 336 g/mol. The second kappa shape index (κ2) is 5.92. The number of rotatable bonds is 3. The van der Waals surface area contributed by atoms with E-state index in [1.165, 1.54) is 0 Å². The van der Waals surface area contributed by atoms with Crippen LogP contribution in [0.3, 0.4) is 0 Å². The fourth-order valence-electron chi connectivity index (χ4n) is 4.20. The van der Waals surface area contributed by atoms with Crippen molar-refractivity contribution >= 4 is 11.4 Å². The molecule has 25 heavy (non-hydrogen) atoms. The number of allylic oxidation sites excluding steroid dienone is 2. The van der Waals surface area contributed by atoms with Gasteiger partial charge in [-0.2, -0.15) is 0 Å². The summed E-state index contributed by atoms with van der Waals surface area (Å²) in [7, 11) is 1.69. The van der Waals surface area contributed by atoms with Crippen LogP contribution in [-0.4, -0.2) is 12.0 Å². The van der Waals surface area contributed by atoms with Crippen LogP contribution < -0.4 is 10.1 Å². The molecule has 3 atom stereocenters. The predicted molar refractivity (Wildman–Crippen MR) is 97.2 cm³/mol. The molecule has 2 aromatic rings. The highest BCUT2D eigenvalue weighted by Gasteiger charge is 2.40. The van der Waals surface area contributed by atoms with Crippen molar-refractivity contribution in [3.8, 4) is 5.75 Å².